The van der Waals surface area contributed by atoms with Gasteiger partial charge < -0.3 is 19.1 Å². The SMILES string of the molecule is C=CCn1cc(C(=O)N2CCN(c3ccccc3OC)CC2)c(=O)c2cc(S(=O)(=O)N3CCc4ccccc4C3)ccc21. The molecule has 4 aromatic rings. The average Bonchev–Trinajstić information content (AvgIpc) is 3.05. The van der Waals surface area contributed by atoms with Crippen molar-refractivity contribution in [3.05, 3.63) is 112 Å². The fourth-order valence-corrected chi connectivity index (χ4v) is 7.46. The fourth-order valence-electron chi connectivity index (χ4n) is 6.02. The summed E-state index contributed by atoms with van der Waals surface area (Å²) in [5.41, 5.74) is 3.17. The van der Waals surface area contributed by atoms with Crippen LogP contribution in [0.4, 0.5) is 5.69 Å². The summed E-state index contributed by atoms with van der Waals surface area (Å²) in [4.78, 5) is 31.5. The zero-order chi connectivity index (χ0) is 30.1. The molecule has 0 saturated carbocycles. The Morgan fingerprint density at radius 2 is 1.67 bits per heavy atom. The topological polar surface area (TPSA) is 92.2 Å². The number of fused-ring (bicyclic) bond motifs is 2. The number of allylic oxidation sites excluding steroid dienone is 1. The molecule has 0 radical (unpaired) electrons. The Morgan fingerprint density at radius 1 is 0.953 bits per heavy atom. The lowest BCUT2D eigenvalue weighted by Crippen LogP contribution is -2.49. The molecule has 0 spiro atoms. The Balaban J connectivity index is 1.31. The molecule has 6 rings (SSSR count). The van der Waals surface area contributed by atoms with E-state index in [1.165, 1.54) is 16.4 Å². The molecule has 43 heavy (non-hydrogen) atoms. The van der Waals surface area contributed by atoms with Gasteiger partial charge >= 0.3 is 0 Å². The number of piperazine rings is 1. The van der Waals surface area contributed by atoms with Crippen molar-refractivity contribution in [2.75, 3.05) is 44.7 Å². The minimum absolute atomic E-state index is 0.0153. The molecule has 0 bridgehead atoms. The maximum atomic E-state index is 13.8. The largest absolute Gasteiger partial charge is 0.495 e. The first-order chi connectivity index (χ1) is 20.8. The number of benzene rings is 3. The summed E-state index contributed by atoms with van der Waals surface area (Å²) in [5.74, 6) is 0.397. The van der Waals surface area contributed by atoms with Gasteiger partial charge in [-0.25, -0.2) is 8.42 Å². The van der Waals surface area contributed by atoms with Crippen molar-refractivity contribution in [2.24, 2.45) is 0 Å². The summed E-state index contributed by atoms with van der Waals surface area (Å²) < 4.78 is 36.2. The van der Waals surface area contributed by atoms with Crippen molar-refractivity contribution >= 4 is 32.5 Å². The molecule has 10 heteroatoms. The number of para-hydroxylation sites is 2. The molecular weight excluding hydrogens is 564 g/mol. The van der Waals surface area contributed by atoms with E-state index < -0.39 is 15.5 Å². The molecule has 1 fully saturated rings. The molecule has 3 heterocycles. The van der Waals surface area contributed by atoms with Gasteiger partial charge in [-0.2, -0.15) is 4.31 Å². The van der Waals surface area contributed by atoms with Crippen LogP contribution in [0, 0.1) is 0 Å². The van der Waals surface area contributed by atoms with Gasteiger partial charge in [0.2, 0.25) is 15.5 Å². The third-order valence-electron chi connectivity index (χ3n) is 8.33. The Labute approximate surface area is 251 Å². The van der Waals surface area contributed by atoms with Crippen LogP contribution in [-0.4, -0.2) is 67.9 Å². The van der Waals surface area contributed by atoms with E-state index >= 15 is 0 Å². The Bertz CT molecular complexity index is 1880. The first-order valence-electron chi connectivity index (χ1n) is 14.3. The lowest BCUT2D eigenvalue weighted by atomic mass is 10.0. The molecule has 2 aliphatic heterocycles. The molecule has 0 unspecified atom stereocenters. The standard InChI is InChI=1S/C33H34N4O5S/c1-3-15-36-23-28(33(39)35-19-17-34(18-20-35)30-10-6-7-11-31(30)42-2)32(38)27-21-26(12-13-29(27)36)43(40,41)37-16-14-24-8-4-5-9-25(24)22-37/h3-13,21,23H,1,14-20,22H2,2H3. The van der Waals surface area contributed by atoms with Crippen molar-refractivity contribution in [2.45, 2.75) is 24.4 Å². The number of aromatic nitrogens is 1. The zero-order valence-electron chi connectivity index (χ0n) is 24.1. The molecule has 3 aromatic carbocycles. The van der Waals surface area contributed by atoms with Crippen molar-refractivity contribution in [1.29, 1.82) is 0 Å². The Hall–Kier alpha value is -4.41. The van der Waals surface area contributed by atoms with E-state index in [1.54, 1.807) is 34.9 Å². The monoisotopic (exact) mass is 598 g/mol. The predicted molar refractivity (Wildman–Crippen MR) is 167 cm³/mol. The zero-order valence-corrected chi connectivity index (χ0v) is 24.9. The molecule has 222 valence electrons. The Kier molecular flexibility index (Phi) is 7.81. The third-order valence-corrected chi connectivity index (χ3v) is 10.2. The number of ether oxygens (including phenoxy) is 1. The summed E-state index contributed by atoms with van der Waals surface area (Å²) in [6.07, 6.45) is 3.87. The number of hydrogen-bond donors (Lipinski definition) is 0. The molecule has 9 nitrogen and oxygen atoms in total. The van der Waals surface area contributed by atoms with Crippen molar-refractivity contribution in [3.8, 4) is 5.75 Å². The number of pyridine rings is 1. The lowest BCUT2D eigenvalue weighted by Gasteiger charge is -2.36. The van der Waals surface area contributed by atoms with Crippen molar-refractivity contribution in [3.63, 3.8) is 0 Å². The minimum Gasteiger partial charge on any atom is -0.495 e. The van der Waals surface area contributed by atoms with Crippen LogP contribution in [-0.2, 0) is 29.5 Å². The molecule has 0 atom stereocenters. The number of hydrogen-bond acceptors (Lipinski definition) is 6. The highest BCUT2D eigenvalue weighted by molar-refractivity contribution is 7.89. The van der Waals surface area contributed by atoms with Crippen LogP contribution in [0.2, 0.25) is 0 Å². The minimum atomic E-state index is -3.88. The number of amides is 1. The van der Waals surface area contributed by atoms with Gasteiger partial charge in [0.15, 0.2) is 0 Å². The van der Waals surface area contributed by atoms with Gasteiger partial charge in [0.25, 0.3) is 5.91 Å². The summed E-state index contributed by atoms with van der Waals surface area (Å²) in [5, 5.41) is 0.193. The average molecular weight is 599 g/mol. The molecule has 2 aliphatic rings. The van der Waals surface area contributed by atoms with Gasteiger partial charge in [-0.15, -0.1) is 6.58 Å². The van der Waals surface area contributed by atoms with Crippen molar-refractivity contribution in [1.82, 2.24) is 13.8 Å². The second kappa shape index (κ2) is 11.7. The van der Waals surface area contributed by atoms with Gasteiger partial charge in [-0.3, -0.25) is 9.59 Å². The smallest absolute Gasteiger partial charge is 0.259 e. The molecular formula is C33H34N4O5S. The van der Waals surface area contributed by atoms with Crippen LogP contribution in [0.3, 0.4) is 0 Å². The van der Waals surface area contributed by atoms with Crippen LogP contribution in [0.15, 0.2) is 95.3 Å². The molecule has 1 saturated heterocycles. The number of sulfonamides is 1. The normalized spacial score (nSPS) is 15.7. The van der Waals surface area contributed by atoms with Crippen LogP contribution >= 0.6 is 0 Å². The Morgan fingerprint density at radius 3 is 2.42 bits per heavy atom. The van der Waals surface area contributed by atoms with Gasteiger partial charge in [0.1, 0.15) is 11.3 Å². The number of methoxy groups -OCH3 is 1. The van der Waals surface area contributed by atoms with E-state index in [-0.39, 0.29) is 28.3 Å². The highest BCUT2D eigenvalue weighted by Gasteiger charge is 2.30. The second-order valence-electron chi connectivity index (χ2n) is 10.8. The third kappa shape index (κ3) is 5.32. The van der Waals surface area contributed by atoms with Gasteiger partial charge in [0, 0.05) is 57.4 Å². The summed E-state index contributed by atoms with van der Waals surface area (Å²) in [7, 11) is -2.24. The van der Waals surface area contributed by atoms with E-state index in [9.17, 15) is 18.0 Å². The maximum Gasteiger partial charge on any atom is 0.259 e. The van der Waals surface area contributed by atoms with E-state index in [1.807, 2.05) is 48.5 Å². The summed E-state index contributed by atoms with van der Waals surface area (Å²) in [6, 6.07) is 20.2. The van der Waals surface area contributed by atoms with E-state index in [0.29, 0.717) is 51.2 Å². The van der Waals surface area contributed by atoms with Crippen LogP contribution in [0.5, 0.6) is 5.75 Å². The van der Waals surface area contributed by atoms with Crippen LogP contribution in [0.1, 0.15) is 21.5 Å². The second-order valence-corrected chi connectivity index (χ2v) is 12.7. The van der Waals surface area contributed by atoms with Gasteiger partial charge in [-0.05, 0) is 47.9 Å². The first kappa shape index (κ1) is 28.7. The lowest BCUT2D eigenvalue weighted by molar-refractivity contribution is 0.0744. The van der Waals surface area contributed by atoms with Crippen LogP contribution in [0.25, 0.3) is 10.9 Å². The maximum absolute atomic E-state index is 13.8. The summed E-state index contributed by atoms with van der Waals surface area (Å²) in [6.45, 7) is 6.85. The number of carbonyl (C=O) groups is 1. The number of rotatable bonds is 7. The number of anilines is 1. The quantitative estimate of drug-likeness (QED) is 0.300. The molecule has 1 amide bonds. The van der Waals surface area contributed by atoms with Gasteiger partial charge in [0.05, 0.1) is 23.2 Å². The molecule has 0 aliphatic carbocycles. The first-order valence-corrected chi connectivity index (χ1v) is 15.8. The molecule has 0 N–H and O–H groups in total. The molecule has 1 aromatic heterocycles. The number of nitrogens with zero attached hydrogens (tertiary/aromatic N) is 4. The van der Waals surface area contributed by atoms with Crippen LogP contribution < -0.4 is 15.1 Å². The van der Waals surface area contributed by atoms with E-state index in [2.05, 4.69) is 11.5 Å². The van der Waals surface area contributed by atoms with Gasteiger partial charge in [-0.1, -0.05) is 42.5 Å². The fraction of sp³-hybridized carbons (Fsp3) is 0.273. The van der Waals surface area contributed by atoms with Crippen molar-refractivity contribution < 1.29 is 17.9 Å². The highest BCUT2D eigenvalue weighted by atomic mass is 32.2. The van der Waals surface area contributed by atoms with E-state index in [0.717, 1.165) is 22.6 Å². The number of carbonyl (C=O) groups excluding carboxylic acids is 1. The highest BCUT2D eigenvalue weighted by Crippen LogP contribution is 2.29. The predicted octanol–water partition coefficient (Wildman–Crippen LogP) is 3.91. The van der Waals surface area contributed by atoms with E-state index in [4.69, 9.17) is 4.74 Å². The summed E-state index contributed by atoms with van der Waals surface area (Å²) >= 11 is 0.